The second kappa shape index (κ2) is 45.2. The lowest BCUT2D eigenvalue weighted by Gasteiger charge is -2.40. The molecule has 9 heteroatoms. The fourth-order valence-electron chi connectivity index (χ4n) is 8.58. The largest absolute Gasteiger partial charge is 0.394 e. The third-order valence-electron chi connectivity index (χ3n) is 12.9. The number of aliphatic hydroxyl groups excluding tert-OH is 5. The van der Waals surface area contributed by atoms with Gasteiger partial charge in [-0.25, -0.2) is 0 Å². The maximum atomic E-state index is 13.0. The van der Waals surface area contributed by atoms with Crippen molar-refractivity contribution in [1.82, 2.24) is 5.32 Å². The van der Waals surface area contributed by atoms with Crippen molar-refractivity contribution < 1.29 is 39.8 Å². The number of rotatable bonds is 46. The van der Waals surface area contributed by atoms with E-state index in [2.05, 4.69) is 43.5 Å². The van der Waals surface area contributed by atoms with Crippen LogP contribution in [0, 0.1) is 0 Å². The molecule has 0 spiro atoms. The molecule has 64 heavy (non-hydrogen) atoms. The van der Waals surface area contributed by atoms with E-state index in [-0.39, 0.29) is 12.5 Å². The minimum atomic E-state index is -1.57. The smallest absolute Gasteiger partial charge is 0.220 e. The predicted molar refractivity (Wildman–Crippen MR) is 267 cm³/mol. The lowest BCUT2D eigenvalue weighted by atomic mass is 9.99. The quantitative estimate of drug-likeness (QED) is 0.0261. The Hall–Kier alpha value is -1.59. The van der Waals surface area contributed by atoms with E-state index < -0.39 is 49.5 Å². The van der Waals surface area contributed by atoms with Crippen molar-refractivity contribution in [3.05, 3.63) is 36.5 Å². The molecule has 0 radical (unpaired) electrons. The molecule has 0 aromatic rings. The summed E-state index contributed by atoms with van der Waals surface area (Å²) in [5.41, 5.74) is 0. The highest BCUT2D eigenvalue weighted by Gasteiger charge is 2.44. The lowest BCUT2D eigenvalue weighted by Crippen LogP contribution is -2.60. The van der Waals surface area contributed by atoms with E-state index in [1.165, 1.54) is 193 Å². The molecule has 7 unspecified atom stereocenters. The van der Waals surface area contributed by atoms with Gasteiger partial charge in [0.05, 0.1) is 25.4 Å². The van der Waals surface area contributed by atoms with Gasteiger partial charge in [-0.15, -0.1) is 0 Å². The van der Waals surface area contributed by atoms with E-state index in [0.29, 0.717) is 6.42 Å². The molecular weight excluding hydrogens is 803 g/mol. The number of carbonyl (C=O) groups is 1. The highest BCUT2D eigenvalue weighted by molar-refractivity contribution is 5.76. The first-order chi connectivity index (χ1) is 31.3. The van der Waals surface area contributed by atoms with Crippen molar-refractivity contribution in [3.8, 4) is 0 Å². The van der Waals surface area contributed by atoms with Gasteiger partial charge in [0.1, 0.15) is 24.4 Å². The molecule has 1 aliphatic rings. The fraction of sp³-hybridized carbons (Fsp3) is 0.873. The van der Waals surface area contributed by atoms with Crippen LogP contribution in [0.25, 0.3) is 0 Å². The molecule has 1 amide bonds. The van der Waals surface area contributed by atoms with E-state index in [9.17, 15) is 30.3 Å². The molecule has 7 atom stereocenters. The van der Waals surface area contributed by atoms with Gasteiger partial charge >= 0.3 is 0 Å². The van der Waals surface area contributed by atoms with Gasteiger partial charge in [-0.05, 0) is 57.8 Å². The first-order valence-electron chi connectivity index (χ1n) is 27.2. The summed E-state index contributed by atoms with van der Waals surface area (Å²) in [7, 11) is 0. The molecule has 0 bridgehead atoms. The zero-order valence-electron chi connectivity index (χ0n) is 41.5. The standard InChI is InChI=1S/C55H103NO8/c1-3-5-7-9-11-13-15-17-19-21-23-25-27-29-31-33-35-37-39-41-43-45-51(59)56-48(47-63-55-54(62)53(61)52(60)50(46-57)64-55)49(58)44-42-40-38-36-34-32-30-28-26-24-22-20-18-16-14-12-10-8-6-4-2/h21,23,34,36,42,44,48-50,52-55,57-58,60-62H,3-20,22,24-33,35,37-41,43,45-47H2,1-2H3,(H,56,59)/b23-21-,36-34+,44-42+. The van der Waals surface area contributed by atoms with Gasteiger partial charge < -0.3 is 40.3 Å². The summed E-state index contributed by atoms with van der Waals surface area (Å²) in [6, 6.07) is -0.822. The van der Waals surface area contributed by atoms with Gasteiger partial charge in [-0.1, -0.05) is 224 Å². The molecule has 0 aromatic carbocycles. The van der Waals surface area contributed by atoms with Crippen molar-refractivity contribution in [3.63, 3.8) is 0 Å². The molecular formula is C55H103NO8. The van der Waals surface area contributed by atoms with Crippen LogP contribution in [-0.4, -0.2) is 87.5 Å². The van der Waals surface area contributed by atoms with Crippen LogP contribution in [0.2, 0.25) is 0 Å². The van der Waals surface area contributed by atoms with Crippen molar-refractivity contribution in [2.24, 2.45) is 0 Å². The molecule has 6 N–H and O–H groups in total. The van der Waals surface area contributed by atoms with Gasteiger partial charge in [0, 0.05) is 6.42 Å². The normalized spacial score (nSPS) is 20.3. The summed E-state index contributed by atoms with van der Waals surface area (Å²) in [5.74, 6) is -0.187. The zero-order valence-corrected chi connectivity index (χ0v) is 41.5. The number of nitrogens with one attached hydrogen (secondary N) is 1. The van der Waals surface area contributed by atoms with E-state index >= 15 is 0 Å². The number of amides is 1. The number of allylic oxidation sites excluding steroid dienone is 5. The van der Waals surface area contributed by atoms with Crippen molar-refractivity contribution in [2.45, 2.75) is 294 Å². The molecule has 9 nitrogen and oxygen atoms in total. The molecule has 0 saturated carbocycles. The average molecular weight is 906 g/mol. The highest BCUT2D eigenvalue weighted by atomic mass is 16.7. The van der Waals surface area contributed by atoms with Crippen molar-refractivity contribution >= 4 is 5.91 Å². The maximum Gasteiger partial charge on any atom is 0.220 e. The Bertz CT molecular complexity index is 1100. The third-order valence-corrected chi connectivity index (χ3v) is 12.9. The van der Waals surface area contributed by atoms with Crippen LogP contribution < -0.4 is 5.32 Å². The second-order valence-corrected chi connectivity index (χ2v) is 19.0. The summed E-state index contributed by atoms with van der Waals surface area (Å²) in [5, 5.41) is 54.4. The summed E-state index contributed by atoms with van der Waals surface area (Å²) < 4.78 is 11.2. The molecule has 1 fully saturated rings. The highest BCUT2D eigenvalue weighted by Crippen LogP contribution is 2.23. The number of aliphatic hydroxyl groups is 5. The van der Waals surface area contributed by atoms with Crippen LogP contribution in [0.4, 0.5) is 0 Å². The van der Waals surface area contributed by atoms with Crippen LogP contribution in [-0.2, 0) is 14.3 Å². The Morgan fingerprint density at radius 3 is 1.31 bits per heavy atom. The molecule has 0 aromatic heterocycles. The number of hydrogen-bond acceptors (Lipinski definition) is 8. The minimum absolute atomic E-state index is 0.187. The van der Waals surface area contributed by atoms with Gasteiger partial charge in [-0.2, -0.15) is 0 Å². The first-order valence-corrected chi connectivity index (χ1v) is 27.2. The van der Waals surface area contributed by atoms with Crippen LogP contribution in [0.3, 0.4) is 0 Å². The molecule has 1 heterocycles. The Kier molecular flexibility index (Phi) is 42.7. The monoisotopic (exact) mass is 906 g/mol. The summed E-state index contributed by atoms with van der Waals surface area (Å²) in [6.07, 6.45) is 50.6. The van der Waals surface area contributed by atoms with Crippen LogP contribution >= 0.6 is 0 Å². The number of hydrogen-bond donors (Lipinski definition) is 6. The Labute approximate surface area is 393 Å². The zero-order chi connectivity index (χ0) is 46.6. The Morgan fingerprint density at radius 2 is 0.891 bits per heavy atom. The predicted octanol–water partition coefficient (Wildman–Crippen LogP) is 12.8. The van der Waals surface area contributed by atoms with Gasteiger partial charge in [0.25, 0.3) is 0 Å². The second-order valence-electron chi connectivity index (χ2n) is 19.0. The van der Waals surface area contributed by atoms with Crippen molar-refractivity contribution in [1.29, 1.82) is 0 Å². The molecule has 1 rings (SSSR count). The van der Waals surface area contributed by atoms with E-state index in [1.54, 1.807) is 6.08 Å². The summed E-state index contributed by atoms with van der Waals surface area (Å²) in [4.78, 5) is 13.0. The van der Waals surface area contributed by atoms with Gasteiger partial charge in [0.15, 0.2) is 6.29 Å². The van der Waals surface area contributed by atoms with E-state index in [4.69, 9.17) is 9.47 Å². The number of ether oxygens (including phenoxy) is 2. The Balaban J connectivity index is 2.29. The van der Waals surface area contributed by atoms with Crippen LogP contribution in [0.15, 0.2) is 36.5 Å². The van der Waals surface area contributed by atoms with Crippen LogP contribution in [0.5, 0.6) is 0 Å². The summed E-state index contributed by atoms with van der Waals surface area (Å²) >= 11 is 0. The topological polar surface area (TPSA) is 149 Å². The fourth-order valence-corrected chi connectivity index (χ4v) is 8.58. The van der Waals surface area contributed by atoms with E-state index in [0.717, 1.165) is 38.5 Å². The van der Waals surface area contributed by atoms with Gasteiger partial charge in [-0.3, -0.25) is 4.79 Å². The van der Waals surface area contributed by atoms with E-state index in [1.807, 2.05) is 6.08 Å². The number of unbranched alkanes of at least 4 members (excludes halogenated alkanes) is 32. The molecule has 1 aliphatic heterocycles. The first kappa shape index (κ1) is 60.4. The molecule has 0 aliphatic carbocycles. The minimum Gasteiger partial charge on any atom is -0.394 e. The Morgan fingerprint density at radius 1 is 0.516 bits per heavy atom. The molecule has 1 saturated heterocycles. The average Bonchev–Trinajstić information content (AvgIpc) is 3.29. The van der Waals surface area contributed by atoms with Gasteiger partial charge in [0.2, 0.25) is 5.91 Å². The SMILES string of the molecule is CCCCCCCCCC/C=C\CCCCCCCCCCCC(=O)NC(COC1OC(CO)C(O)C(O)C1O)C(O)/C=C/CC/C=C/CCCCCCCCCCCCCCCC. The van der Waals surface area contributed by atoms with Crippen LogP contribution in [0.1, 0.15) is 251 Å². The third kappa shape index (κ3) is 34.7. The lowest BCUT2D eigenvalue weighted by molar-refractivity contribution is -0.302. The maximum absolute atomic E-state index is 13.0. The van der Waals surface area contributed by atoms with Crippen molar-refractivity contribution in [2.75, 3.05) is 13.2 Å². The molecule has 376 valence electrons. The summed E-state index contributed by atoms with van der Waals surface area (Å²) in [6.45, 7) is 3.78. The number of carbonyl (C=O) groups excluding carboxylic acids is 1.